The number of anilines is 1. The summed E-state index contributed by atoms with van der Waals surface area (Å²) in [6, 6.07) is 10.5. The highest BCUT2D eigenvalue weighted by molar-refractivity contribution is 6.00. The molecule has 1 fully saturated rings. The van der Waals surface area contributed by atoms with Crippen molar-refractivity contribution in [1.29, 1.82) is 0 Å². The number of rotatable bonds is 9. The number of carbonyl (C=O) groups excluding carboxylic acids is 4. The normalized spacial score (nSPS) is 14.9. The molecule has 2 aromatic carbocycles. The summed E-state index contributed by atoms with van der Waals surface area (Å²) < 4.78 is 5.35. The van der Waals surface area contributed by atoms with Gasteiger partial charge in [-0.25, -0.2) is 4.79 Å². The van der Waals surface area contributed by atoms with E-state index in [0.29, 0.717) is 24.1 Å². The highest BCUT2D eigenvalue weighted by Crippen LogP contribution is 2.36. The number of carbonyl (C=O) groups is 4. The van der Waals surface area contributed by atoms with Gasteiger partial charge < -0.3 is 26.0 Å². The average molecular weight is 537 g/mol. The van der Waals surface area contributed by atoms with Crippen LogP contribution in [0.4, 0.5) is 10.5 Å². The fourth-order valence-electron chi connectivity index (χ4n) is 4.62. The molecule has 0 bridgehead atoms. The minimum Gasteiger partial charge on any atom is -0.444 e. The lowest BCUT2D eigenvalue weighted by atomic mass is 9.86. The molecule has 4 N–H and O–H groups in total. The zero-order valence-electron chi connectivity index (χ0n) is 23.7. The van der Waals surface area contributed by atoms with Crippen LogP contribution >= 0.6 is 0 Å². The molecule has 210 valence electrons. The molecule has 2 aromatic rings. The summed E-state index contributed by atoms with van der Waals surface area (Å²) in [6.07, 6.45) is 1.01. The average Bonchev–Trinajstić information content (AvgIpc) is 2.79. The SMILES string of the molecule is Cc1ccccc1NC(=O)C(c1cccc(C)c1C)N(C(=O)C(CC(N)=O)NC(=O)OC(C)(C)C)C1CCC1. The third kappa shape index (κ3) is 7.59. The second-order valence-electron chi connectivity index (χ2n) is 11.2. The van der Waals surface area contributed by atoms with E-state index in [1.807, 2.05) is 63.2 Å². The Hall–Kier alpha value is -3.88. The van der Waals surface area contributed by atoms with E-state index in [9.17, 15) is 19.2 Å². The summed E-state index contributed by atoms with van der Waals surface area (Å²) >= 11 is 0. The van der Waals surface area contributed by atoms with Crippen molar-refractivity contribution in [2.24, 2.45) is 5.73 Å². The van der Waals surface area contributed by atoms with Crippen molar-refractivity contribution in [3.8, 4) is 0 Å². The number of benzene rings is 2. The van der Waals surface area contributed by atoms with Crippen LogP contribution in [-0.4, -0.2) is 46.4 Å². The van der Waals surface area contributed by atoms with Crippen LogP contribution in [0.2, 0.25) is 0 Å². The lowest BCUT2D eigenvalue weighted by Gasteiger charge is -2.44. The van der Waals surface area contributed by atoms with Crippen LogP contribution in [-0.2, 0) is 19.1 Å². The largest absolute Gasteiger partial charge is 0.444 e. The quantitative estimate of drug-likeness (QED) is 0.436. The maximum absolute atomic E-state index is 14.2. The molecule has 0 saturated heterocycles. The summed E-state index contributed by atoms with van der Waals surface area (Å²) in [5.41, 5.74) is 8.72. The summed E-state index contributed by atoms with van der Waals surface area (Å²) in [4.78, 5) is 54.4. The van der Waals surface area contributed by atoms with Crippen molar-refractivity contribution in [3.05, 3.63) is 64.7 Å². The third-order valence-electron chi connectivity index (χ3n) is 6.99. The number of nitrogens with one attached hydrogen (secondary N) is 2. The number of alkyl carbamates (subject to hydrolysis) is 1. The monoisotopic (exact) mass is 536 g/mol. The first kappa shape index (κ1) is 29.7. The Morgan fingerprint density at radius 2 is 1.64 bits per heavy atom. The number of para-hydroxylation sites is 1. The van der Waals surface area contributed by atoms with E-state index >= 15 is 0 Å². The summed E-state index contributed by atoms with van der Waals surface area (Å²) in [6.45, 7) is 10.9. The molecule has 0 aromatic heterocycles. The first-order valence-electron chi connectivity index (χ1n) is 13.3. The summed E-state index contributed by atoms with van der Waals surface area (Å²) in [5, 5.41) is 5.54. The van der Waals surface area contributed by atoms with Gasteiger partial charge in [-0.15, -0.1) is 0 Å². The van der Waals surface area contributed by atoms with E-state index in [0.717, 1.165) is 23.1 Å². The molecule has 1 saturated carbocycles. The standard InChI is InChI=1S/C30H40N4O5/c1-18-12-9-15-22(20(18)3)26(27(36)32-23-16-8-7-11-19(23)2)34(21-13-10-14-21)28(37)24(17-25(31)35)33-29(38)39-30(4,5)6/h7-9,11-12,15-16,21,24,26H,10,13-14,17H2,1-6H3,(H2,31,35)(H,32,36)(H,33,38). The van der Waals surface area contributed by atoms with Crippen LogP contribution in [0.3, 0.4) is 0 Å². The topological polar surface area (TPSA) is 131 Å². The molecule has 4 amide bonds. The van der Waals surface area contributed by atoms with Gasteiger partial charge in [-0.2, -0.15) is 0 Å². The predicted molar refractivity (Wildman–Crippen MR) is 150 cm³/mol. The van der Waals surface area contributed by atoms with E-state index in [2.05, 4.69) is 10.6 Å². The highest BCUT2D eigenvalue weighted by Gasteiger charge is 2.43. The van der Waals surface area contributed by atoms with Gasteiger partial charge >= 0.3 is 6.09 Å². The van der Waals surface area contributed by atoms with Crippen LogP contribution < -0.4 is 16.4 Å². The van der Waals surface area contributed by atoms with Gasteiger partial charge in [0.25, 0.3) is 5.91 Å². The molecule has 2 atom stereocenters. The van der Waals surface area contributed by atoms with E-state index in [1.54, 1.807) is 20.8 Å². The van der Waals surface area contributed by atoms with Crippen molar-refractivity contribution < 1.29 is 23.9 Å². The molecule has 1 aliphatic rings. The molecular weight excluding hydrogens is 496 g/mol. The van der Waals surface area contributed by atoms with Gasteiger partial charge in [-0.1, -0.05) is 36.4 Å². The number of hydrogen-bond donors (Lipinski definition) is 3. The number of ether oxygens (including phenoxy) is 1. The third-order valence-corrected chi connectivity index (χ3v) is 6.99. The number of hydrogen-bond acceptors (Lipinski definition) is 5. The Morgan fingerprint density at radius 3 is 2.21 bits per heavy atom. The Morgan fingerprint density at radius 1 is 1.00 bits per heavy atom. The molecule has 0 spiro atoms. The van der Waals surface area contributed by atoms with E-state index in [1.165, 1.54) is 4.90 Å². The maximum Gasteiger partial charge on any atom is 0.408 e. The Balaban J connectivity index is 2.08. The minimum absolute atomic E-state index is 0.249. The fraction of sp³-hybridized carbons (Fsp3) is 0.467. The van der Waals surface area contributed by atoms with Gasteiger partial charge in [-0.3, -0.25) is 14.4 Å². The van der Waals surface area contributed by atoms with Gasteiger partial charge in [0.1, 0.15) is 17.7 Å². The number of nitrogens with zero attached hydrogens (tertiary/aromatic N) is 1. The van der Waals surface area contributed by atoms with Crippen molar-refractivity contribution in [2.45, 2.75) is 91.0 Å². The molecule has 0 heterocycles. The lowest BCUT2D eigenvalue weighted by Crippen LogP contribution is -2.57. The van der Waals surface area contributed by atoms with Gasteiger partial charge in [0, 0.05) is 11.7 Å². The second-order valence-corrected chi connectivity index (χ2v) is 11.2. The van der Waals surface area contributed by atoms with E-state index < -0.39 is 42.0 Å². The maximum atomic E-state index is 14.2. The molecule has 3 rings (SSSR count). The molecule has 39 heavy (non-hydrogen) atoms. The van der Waals surface area contributed by atoms with Crippen LogP contribution in [0, 0.1) is 20.8 Å². The first-order chi connectivity index (χ1) is 18.3. The number of aryl methyl sites for hydroxylation is 2. The van der Waals surface area contributed by atoms with Crippen molar-refractivity contribution >= 4 is 29.5 Å². The van der Waals surface area contributed by atoms with Crippen molar-refractivity contribution in [1.82, 2.24) is 10.2 Å². The van der Waals surface area contributed by atoms with Gasteiger partial charge in [-0.05, 0) is 89.1 Å². The molecule has 2 unspecified atom stereocenters. The minimum atomic E-state index is -1.29. The van der Waals surface area contributed by atoms with Gasteiger partial charge in [0.15, 0.2) is 0 Å². The first-order valence-corrected chi connectivity index (χ1v) is 13.3. The fourth-order valence-corrected chi connectivity index (χ4v) is 4.62. The summed E-state index contributed by atoms with van der Waals surface area (Å²) in [5.74, 6) is -1.70. The highest BCUT2D eigenvalue weighted by atomic mass is 16.6. The number of amides is 4. The number of nitrogens with two attached hydrogens (primary N) is 1. The Labute approximate surface area is 230 Å². The predicted octanol–water partition coefficient (Wildman–Crippen LogP) is 4.44. The van der Waals surface area contributed by atoms with Gasteiger partial charge in [0.2, 0.25) is 11.8 Å². The molecular formula is C30H40N4O5. The zero-order valence-corrected chi connectivity index (χ0v) is 23.7. The smallest absolute Gasteiger partial charge is 0.408 e. The van der Waals surface area contributed by atoms with E-state index in [-0.39, 0.29) is 11.9 Å². The molecule has 1 aliphatic carbocycles. The van der Waals surface area contributed by atoms with E-state index in [4.69, 9.17) is 10.5 Å². The summed E-state index contributed by atoms with van der Waals surface area (Å²) in [7, 11) is 0. The van der Waals surface area contributed by atoms with Crippen LogP contribution in [0.25, 0.3) is 0 Å². The Kier molecular flexibility index (Phi) is 9.37. The second kappa shape index (κ2) is 12.3. The van der Waals surface area contributed by atoms with Crippen LogP contribution in [0.5, 0.6) is 0 Å². The molecule has 9 nitrogen and oxygen atoms in total. The van der Waals surface area contributed by atoms with Crippen LogP contribution in [0.1, 0.15) is 74.8 Å². The molecule has 0 radical (unpaired) electrons. The van der Waals surface area contributed by atoms with Crippen molar-refractivity contribution in [2.75, 3.05) is 5.32 Å². The zero-order chi connectivity index (χ0) is 28.9. The van der Waals surface area contributed by atoms with Gasteiger partial charge in [0.05, 0.1) is 6.42 Å². The molecule has 0 aliphatic heterocycles. The lowest BCUT2D eigenvalue weighted by molar-refractivity contribution is -0.146. The Bertz CT molecular complexity index is 1230. The van der Waals surface area contributed by atoms with Crippen molar-refractivity contribution in [3.63, 3.8) is 0 Å². The van der Waals surface area contributed by atoms with Crippen LogP contribution in [0.15, 0.2) is 42.5 Å². The number of primary amides is 1. The molecule has 9 heteroatoms.